The molecule has 2 amide bonds. The molecule has 0 saturated carbocycles. The molecule has 2 N–H and O–H groups in total. The first-order valence-electron chi connectivity index (χ1n) is 5.96. The van der Waals surface area contributed by atoms with Crippen LogP contribution in [0.2, 0.25) is 5.02 Å². The van der Waals surface area contributed by atoms with Crippen molar-refractivity contribution < 1.29 is 13.2 Å². The maximum atomic E-state index is 11.7. The third-order valence-electron chi connectivity index (χ3n) is 3.00. The Kier molecular flexibility index (Phi) is 4.31. The van der Waals surface area contributed by atoms with Crippen LogP contribution in [0.5, 0.6) is 0 Å². The van der Waals surface area contributed by atoms with E-state index in [1.165, 1.54) is 0 Å². The molecule has 5 nitrogen and oxygen atoms in total. The van der Waals surface area contributed by atoms with Crippen molar-refractivity contribution in [3.8, 4) is 0 Å². The Labute approximate surface area is 117 Å². The number of benzene rings is 1. The summed E-state index contributed by atoms with van der Waals surface area (Å²) in [4.78, 5) is 11.7. The van der Waals surface area contributed by atoms with Crippen molar-refractivity contribution in [3.63, 3.8) is 0 Å². The third kappa shape index (κ3) is 4.11. The second-order valence-electron chi connectivity index (χ2n) is 4.58. The number of para-hydroxylation sites is 1. The lowest BCUT2D eigenvalue weighted by atomic mass is 10.1. The Morgan fingerprint density at radius 2 is 2.11 bits per heavy atom. The standard InChI is InChI=1S/C12H15ClN2O3S/c13-10-3-1-2-4-11(10)15-12(16)14-7-9-5-6-19(17,18)8-9/h1-4,9H,5-8H2,(H2,14,15,16)/t9-/m0/s1. The average molecular weight is 303 g/mol. The van der Waals surface area contributed by atoms with E-state index in [2.05, 4.69) is 10.6 Å². The summed E-state index contributed by atoms with van der Waals surface area (Å²) in [5, 5.41) is 5.75. The number of hydrogen-bond acceptors (Lipinski definition) is 3. The van der Waals surface area contributed by atoms with Gasteiger partial charge in [-0.3, -0.25) is 0 Å². The van der Waals surface area contributed by atoms with Crippen LogP contribution in [0, 0.1) is 5.92 Å². The summed E-state index contributed by atoms with van der Waals surface area (Å²) in [6.07, 6.45) is 0.606. The van der Waals surface area contributed by atoms with E-state index in [1.54, 1.807) is 24.3 Å². The Morgan fingerprint density at radius 1 is 1.37 bits per heavy atom. The maximum absolute atomic E-state index is 11.7. The fraction of sp³-hybridized carbons (Fsp3) is 0.417. The van der Waals surface area contributed by atoms with E-state index in [9.17, 15) is 13.2 Å². The van der Waals surface area contributed by atoms with Crippen LogP contribution in [0.25, 0.3) is 0 Å². The fourth-order valence-corrected chi connectivity index (χ4v) is 4.04. The number of halogens is 1. The first-order valence-corrected chi connectivity index (χ1v) is 8.16. The number of nitrogens with one attached hydrogen (secondary N) is 2. The minimum atomic E-state index is -2.90. The molecule has 0 aromatic heterocycles. The zero-order valence-corrected chi connectivity index (χ0v) is 11.8. The summed E-state index contributed by atoms with van der Waals surface area (Å²) in [5.41, 5.74) is 0.528. The van der Waals surface area contributed by atoms with Gasteiger partial charge in [-0.15, -0.1) is 0 Å². The highest BCUT2D eigenvalue weighted by Gasteiger charge is 2.27. The third-order valence-corrected chi connectivity index (χ3v) is 5.17. The van der Waals surface area contributed by atoms with Gasteiger partial charge in [0.1, 0.15) is 0 Å². The zero-order valence-electron chi connectivity index (χ0n) is 10.2. The fourth-order valence-electron chi connectivity index (χ4n) is 2.00. The van der Waals surface area contributed by atoms with Gasteiger partial charge in [0.25, 0.3) is 0 Å². The molecule has 1 saturated heterocycles. The Bertz CT molecular complexity index is 574. The molecule has 1 atom stereocenters. The van der Waals surface area contributed by atoms with Crippen LogP contribution in [0.15, 0.2) is 24.3 Å². The topological polar surface area (TPSA) is 75.3 Å². The van der Waals surface area contributed by atoms with Gasteiger partial charge in [-0.1, -0.05) is 23.7 Å². The van der Waals surface area contributed by atoms with Crippen molar-refractivity contribution in [2.75, 3.05) is 23.4 Å². The molecule has 1 aliphatic rings. The molecule has 19 heavy (non-hydrogen) atoms. The lowest BCUT2D eigenvalue weighted by Crippen LogP contribution is -2.33. The smallest absolute Gasteiger partial charge is 0.319 e. The highest BCUT2D eigenvalue weighted by Crippen LogP contribution is 2.20. The van der Waals surface area contributed by atoms with E-state index in [0.29, 0.717) is 23.7 Å². The van der Waals surface area contributed by atoms with Crippen LogP contribution in [0.3, 0.4) is 0 Å². The second-order valence-corrected chi connectivity index (χ2v) is 7.22. The minimum Gasteiger partial charge on any atom is -0.338 e. The summed E-state index contributed by atoms with van der Waals surface area (Å²) >= 11 is 5.91. The molecule has 1 aromatic rings. The van der Waals surface area contributed by atoms with Gasteiger partial charge in [0, 0.05) is 6.54 Å². The Hall–Kier alpha value is -1.27. The van der Waals surface area contributed by atoms with Crippen LogP contribution in [0.4, 0.5) is 10.5 Å². The maximum Gasteiger partial charge on any atom is 0.319 e. The van der Waals surface area contributed by atoms with Gasteiger partial charge < -0.3 is 10.6 Å². The van der Waals surface area contributed by atoms with Crippen LogP contribution < -0.4 is 10.6 Å². The number of rotatable bonds is 3. The quantitative estimate of drug-likeness (QED) is 0.895. The molecule has 7 heteroatoms. The van der Waals surface area contributed by atoms with E-state index in [-0.39, 0.29) is 23.5 Å². The van der Waals surface area contributed by atoms with E-state index in [4.69, 9.17) is 11.6 Å². The summed E-state index contributed by atoms with van der Waals surface area (Å²) in [7, 11) is -2.90. The number of carbonyl (C=O) groups excluding carboxylic acids is 1. The molecular formula is C12H15ClN2O3S. The highest BCUT2D eigenvalue weighted by molar-refractivity contribution is 7.91. The van der Waals surface area contributed by atoms with Gasteiger partial charge >= 0.3 is 6.03 Å². The van der Waals surface area contributed by atoms with E-state index in [1.807, 2.05) is 0 Å². The largest absolute Gasteiger partial charge is 0.338 e. The second kappa shape index (κ2) is 5.79. The molecule has 0 unspecified atom stereocenters. The van der Waals surface area contributed by atoms with Crippen molar-refractivity contribution >= 4 is 33.2 Å². The lowest BCUT2D eigenvalue weighted by Gasteiger charge is -2.11. The highest BCUT2D eigenvalue weighted by atomic mass is 35.5. The normalized spacial score (nSPS) is 21.0. The molecule has 0 radical (unpaired) electrons. The van der Waals surface area contributed by atoms with Gasteiger partial charge in [0.15, 0.2) is 9.84 Å². The van der Waals surface area contributed by atoms with E-state index < -0.39 is 9.84 Å². The van der Waals surface area contributed by atoms with E-state index >= 15 is 0 Å². The van der Waals surface area contributed by atoms with Gasteiger partial charge in [0.2, 0.25) is 0 Å². The lowest BCUT2D eigenvalue weighted by molar-refractivity contribution is 0.250. The zero-order chi connectivity index (χ0) is 13.9. The van der Waals surface area contributed by atoms with Crippen molar-refractivity contribution in [2.24, 2.45) is 5.92 Å². The number of urea groups is 1. The molecule has 2 rings (SSSR count). The summed E-state index contributed by atoms with van der Waals surface area (Å²) in [5.74, 6) is 0.368. The van der Waals surface area contributed by atoms with Crippen LogP contribution in [-0.4, -0.2) is 32.5 Å². The van der Waals surface area contributed by atoms with Crippen molar-refractivity contribution in [2.45, 2.75) is 6.42 Å². The predicted octanol–water partition coefficient (Wildman–Crippen LogP) is 1.90. The van der Waals surface area contributed by atoms with Crippen LogP contribution >= 0.6 is 11.6 Å². The molecule has 1 aliphatic heterocycles. The van der Waals surface area contributed by atoms with Crippen molar-refractivity contribution in [1.82, 2.24) is 5.32 Å². The first kappa shape index (κ1) is 14.1. The van der Waals surface area contributed by atoms with Gasteiger partial charge in [-0.05, 0) is 24.5 Å². The van der Waals surface area contributed by atoms with Gasteiger partial charge in [0.05, 0.1) is 22.2 Å². The molecule has 1 aromatic carbocycles. The Balaban J connectivity index is 1.81. The molecule has 0 spiro atoms. The summed E-state index contributed by atoms with van der Waals surface area (Å²) in [6.45, 7) is 0.357. The van der Waals surface area contributed by atoms with Crippen LogP contribution in [0.1, 0.15) is 6.42 Å². The average Bonchev–Trinajstić information content (AvgIpc) is 2.69. The van der Waals surface area contributed by atoms with Gasteiger partial charge in [-0.25, -0.2) is 13.2 Å². The van der Waals surface area contributed by atoms with E-state index in [0.717, 1.165) is 0 Å². The molecule has 1 fully saturated rings. The molecule has 0 bridgehead atoms. The SMILES string of the molecule is O=C(NC[C@@H]1CCS(=O)(=O)C1)Nc1ccccc1Cl. The number of carbonyl (C=O) groups is 1. The van der Waals surface area contributed by atoms with Crippen molar-refractivity contribution in [3.05, 3.63) is 29.3 Å². The molecule has 1 heterocycles. The monoisotopic (exact) mass is 302 g/mol. The van der Waals surface area contributed by atoms with Gasteiger partial charge in [-0.2, -0.15) is 0 Å². The number of sulfone groups is 1. The number of anilines is 1. The molecule has 104 valence electrons. The summed E-state index contributed by atoms with van der Waals surface area (Å²) in [6, 6.07) is 6.54. The molecular weight excluding hydrogens is 288 g/mol. The van der Waals surface area contributed by atoms with Crippen molar-refractivity contribution in [1.29, 1.82) is 0 Å². The number of amides is 2. The minimum absolute atomic E-state index is 0.00185. The predicted molar refractivity (Wildman–Crippen MR) is 75.2 cm³/mol. The van der Waals surface area contributed by atoms with Crippen LogP contribution in [-0.2, 0) is 9.84 Å². The summed E-state index contributed by atoms with van der Waals surface area (Å²) < 4.78 is 22.6. The number of hydrogen-bond donors (Lipinski definition) is 2. The molecule has 0 aliphatic carbocycles. The first-order chi connectivity index (χ1) is 8.96. The Morgan fingerprint density at radius 3 is 2.74 bits per heavy atom.